The second-order valence-corrected chi connectivity index (χ2v) is 6.83. The summed E-state index contributed by atoms with van der Waals surface area (Å²) in [5, 5.41) is 0. The number of halogens is 1. The molecule has 0 atom stereocenters. The van der Waals surface area contributed by atoms with Gasteiger partial charge in [-0.15, -0.1) is 0 Å². The van der Waals surface area contributed by atoms with E-state index in [1.54, 1.807) is 6.07 Å². The predicted octanol–water partition coefficient (Wildman–Crippen LogP) is 5.09. The van der Waals surface area contributed by atoms with Gasteiger partial charge in [0, 0.05) is 23.5 Å². The number of unbranched alkanes of at least 4 members (excludes halogenated alkanes) is 1. The Hall–Kier alpha value is -2.88. The molecule has 1 heterocycles. The molecule has 3 nitrogen and oxygen atoms in total. The van der Waals surface area contributed by atoms with E-state index in [9.17, 15) is 9.18 Å². The minimum atomic E-state index is -0.476. The van der Waals surface area contributed by atoms with Crippen molar-refractivity contribution in [1.82, 2.24) is 4.57 Å². The van der Waals surface area contributed by atoms with Gasteiger partial charge < -0.3 is 10.3 Å². The summed E-state index contributed by atoms with van der Waals surface area (Å²) >= 11 is 0. The highest BCUT2D eigenvalue weighted by Gasteiger charge is 2.24. The number of hydrogen-bond donors (Lipinski definition) is 1. The molecular formula is C23H25FN2O. The van der Waals surface area contributed by atoms with Crippen LogP contribution >= 0.6 is 0 Å². The first-order valence-corrected chi connectivity index (χ1v) is 9.34. The van der Waals surface area contributed by atoms with Gasteiger partial charge in [0.1, 0.15) is 5.82 Å². The molecule has 0 aliphatic rings. The third-order valence-corrected chi connectivity index (χ3v) is 4.94. The molecule has 0 aliphatic heterocycles. The Morgan fingerprint density at radius 1 is 1.11 bits per heavy atom. The molecule has 1 aromatic heterocycles. The van der Waals surface area contributed by atoms with Gasteiger partial charge in [-0.2, -0.15) is 0 Å². The lowest BCUT2D eigenvalue weighted by Crippen LogP contribution is -2.13. The molecule has 27 heavy (non-hydrogen) atoms. The summed E-state index contributed by atoms with van der Waals surface area (Å²) in [6.45, 7) is 4.71. The fourth-order valence-corrected chi connectivity index (χ4v) is 3.64. The number of nitrogens with zero attached hydrogens (tertiary/aromatic N) is 1. The normalized spacial score (nSPS) is 10.9. The van der Waals surface area contributed by atoms with Gasteiger partial charge in [0.2, 0.25) is 0 Å². The Morgan fingerprint density at radius 3 is 2.48 bits per heavy atom. The fraction of sp³-hybridized carbons (Fsp3) is 0.261. The molecule has 0 saturated carbocycles. The van der Waals surface area contributed by atoms with Gasteiger partial charge in [-0.1, -0.05) is 55.8 Å². The van der Waals surface area contributed by atoms with Crippen LogP contribution in [0.4, 0.5) is 4.39 Å². The largest absolute Gasteiger partial charge is 0.366 e. The Kier molecular flexibility index (Phi) is 5.75. The highest BCUT2D eigenvalue weighted by atomic mass is 19.1. The number of rotatable bonds is 7. The van der Waals surface area contributed by atoms with Crippen molar-refractivity contribution in [3.63, 3.8) is 0 Å². The zero-order chi connectivity index (χ0) is 19.4. The first-order chi connectivity index (χ1) is 13.0. The molecule has 0 radical (unpaired) electrons. The summed E-state index contributed by atoms with van der Waals surface area (Å²) in [5.74, 6) is -0.797. The maximum Gasteiger partial charge on any atom is 0.251 e. The maximum absolute atomic E-state index is 13.9. The van der Waals surface area contributed by atoms with Crippen LogP contribution in [0.2, 0.25) is 0 Å². The van der Waals surface area contributed by atoms with Gasteiger partial charge >= 0.3 is 0 Å². The van der Waals surface area contributed by atoms with Crippen molar-refractivity contribution in [3.8, 4) is 11.1 Å². The quantitative estimate of drug-likeness (QED) is 0.623. The molecule has 140 valence electrons. The first-order valence-electron chi connectivity index (χ1n) is 9.34. The third-order valence-electron chi connectivity index (χ3n) is 4.94. The van der Waals surface area contributed by atoms with E-state index in [0.29, 0.717) is 17.7 Å². The van der Waals surface area contributed by atoms with E-state index >= 15 is 0 Å². The van der Waals surface area contributed by atoms with E-state index in [0.717, 1.165) is 41.8 Å². The molecule has 4 heteroatoms. The summed E-state index contributed by atoms with van der Waals surface area (Å²) in [6, 6.07) is 16.5. The molecular weight excluding hydrogens is 339 g/mol. The predicted molar refractivity (Wildman–Crippen MR) is 107 cm³/mol. The number of carbonyl (C=O) groups excluding carboxylic acids is 1. The molecule has 0 bridgehead atoms. The fourth-order valence-electron chi connectivity index (χ4n) is 3.64. The van der Waals surface area contributed by atoms with E-state index in [4.69, 9.17) is 5.73 Å². The second kappa shape index (κ2) is 8.21. The number of hydrogen-bond acceptors (Lipinski definition) is 1. The lowest BCUT2D eigenvalue weighted by molar-refractivity contribution is 0.1000. The van der Waals surface area contributed by atoms with E-state index < -0.39 is 5.91 Å². The highest BCUT2D eigenvalue weighted by molar-refractivity contribution is 6.02. The number of aromatic nitrogens is 1. The van der Waals surface area contributed by atoms with Crippen molar-refractivity contribution >= 4 is 5.91 Å². The number of amides is 1. The maximum atomic E-state index is 13.9. The minimum absolute atomic E-state index is 0.321. The van der Waals surface area contributed by atoms with Gasteiger partial charge in [0.15, 0.2) is 0 Å². The Bertz CT molecular complexity index is 945. The topological polar surface area (TPSA) is 48.0 Å². The van der Waals surface area contributed by atoms with Crippen LogP contribution in [-0.2, 0) is 13.0 Å². The van der Waals surface area contributed by atoms with Crippen molar-refractivity contribution in [2.24, 2.45) is 5.73 Å². The van der Waals surface area contributed by atoms with E-state index in [1.807, 2.05) is 31.2 Å². The minimum Gasteiger partial charge on any atom is -0.366 e. The number of benzene rings is 2. The number of nitrogens with two attached hydrogens (primary N) is 1. The Balaban J connectivity index is 2.23. The zero-order valence-electron chi connectivity index (χ0n) is 15.8. The highest BCUT2D eigenvalue weighted by Crippen LogP contribution is 2.34. The SMILES string of the molecule is CCCCc1c(-c2cccc(F)c2)c(C(N)=O)c(C)n1Cc1ccccc1. The van der Waals surface area contributed by atoms with Gasteiger partial charge in [0.25, 0.3) is 5.91 Å². The van der Waals surface area contributed by atoms with Crippen molar-refractivity contribution in [1.29, 1.82) is 0 Å². The van der Waals surface area contributed by atoms with Gasteiger partial charge in [0.05, 0.1) is 5.56 Å². The molecule has 0 unspecified atom stereocenters. The van der Waals surface area contributed by atoms with Crippen molar-refractivity contribution in [2.75, 3.05) is 0 Å². The van der Waals surface area contributed by atoms with Gasteiger partial charge in [-0.3, -0.25) is 4.79 Å². The van der Waals surface area contributed by atoms with Crippen LogP contribution in [0.3, 0.4) is 0 Å². The van der Waals surface area contributed by atoms with Gasteiger partial charge in [-0.05, 0) is 43.0 Å². The van der Waals surface area contributed by atoms with Crippen LogP contribution in [0.1, 0.15) is 47.1 Å². The van der Waals surface area contributed by atoms with Crippen molar-refractivity contribution in [3.05, 3.63) is 82.9 Å². The smallest absolute Gasteiger partial charge is 0.251 e. The molecule has 0 aliphatic carbocycles. The lowest BCUT2D eigenvalue weighted by atomic mass is 9.97. The van der Waals surface area contributed by atoms with Crippen molar-refractivity contribution in [2.45, 2.75) is 39.7 Å². The molecule has 0 saturated heterocycles. The Labute approximate surface area is 159 Å². The Morgan fingerprint density at radius 2 is 1.85 bits per heavy atom. The van der Waals surface area contributed by atoms with Crippen LogP contribution in [0.15, 0.2) is 54.6 Å². The summed E-state index contributed by atoms with van der Waals surface area (Å²) < 4.78 is 16.1. The summed E-state index contributed by atoms with van der Waals surface area (Å²) in [7, 11) is 0. The molecule has 1 amide bonds. The van der Waals surface area contributed by atoms with Crippen molar-refractivity contribution < 1.29 is 9.18 Å². The molecule has 3 rings (SSSR count). The zero-order valence-corrected chi connectivity index (χ0v) is 15.8. The first kappa shape index (κ1) is 18.9. The average molecular weight is 364 g/mol. The number of primary amides is 1. The standard InChI is InChI=1S/C23H25FN2O/c1-3-4-13-20-22(18-11-8-12-19(24)14-18)21(23(25)27)16(2)26(20)15-17-9-6-5-7-10-17/h5-12,14H,3-4,13,15H2,1-2H3,(H2,25,27). The van der Waals surface area contributed by atoms with E-state index in [2.05, 4.69) is 23.6 Å². The molecule has 2 N–H and O–H groups in total. The molecule has 3 aromatic rings. The molecule has 2 aromatic carbocycles. The van der Waals surface area contributed by atoms with Crippen LogP contribution in [0, 0.1) is 12.7 Å². The second-order valence-electron chi connectivity index (χ2n) is 6.83. The van der Waals surface area contributed by atoms with Gasteiger partial charge in [-0.25, -0.2) is 4.39 Å². The van der Waals surface area contributed by atoms with Crippen LogP contribution in [-0.4, -0.2) is 10.5 Å². The summed E-state index contributed by atoms with van der Waals surface area (Å²) in [4.78, 5) is 12.3. The third kappa shape index (κ3) is 3.95. The van der Waals surface area contributed by atoms with Crippen LogP contribution in [0.5, 0.6) is 0 Å². The molecule has 0 fully saturated rings. The van der Waals surface area contributed by atoms with E-state index in [-0.39, 0.29) is 5.82 Å². The summed E-state index contributed by atoms with van der Waals surface area (Å²) in [6.07, 6.45) is 2.83. The average Bonchev–Trinajstić information content (AvgIpc) is 2.93. The number of carbonyl (C=O) groups is 1. The lowest BCUT2D eigenvalue weighted by Gasteiger charge is -2.13. The summed E-state index contributed by atoms with van der Waals surface area (Å²) in [5.41, 5.74) is 10.7. The van der Waals surface area contributed by atoms with Crippen LogP contribution in [0.25, 0.3) is 11.1 Å². The van der Waals surface area contributed by atoms with Crippen LogP contribution < -0.4 is 5.73 Å². The van der Waals surface area contributed by atoms with E-state index in [1.165, 1.54) is 12.1 Å². The monoisotopic (exact) mass is 364 g/mol. The molecule has 0 spiro atoms.